The van der Waals surface area contributed by atoms with Gasteiger partial charge in [0.15, 0.2) is 0 Å². The molecule has 2 aromatic rings. The molecule has 6 heteroatoms. The Morgan fingerprint density at radius 3 is 2.19 bits per heavy atom. The lowest BCUT2D eigenvalue weighted by atomic mass is 10.1. The van der Waals surface area contributed by atoms with Gasteiger partial charge in [-0.05, 0) is 50.6 Å². The molecule has 2 aromatic carbocycles. The van der Waals surface area contributed by atoms with E-state index >= 15 is 0 Å². The number of nitrogens with one attached hydrogen (secondary N) is 1. The topological polar surface area (TPSA) is 67.6 Å². The second-order valence-corrected chi connectivity index (χ2v) is 7.41. The smallest absolute Gasteiger partial charge is 0.411 e. The first kappa shape index (κ1) is 18.8. The van der Waals surface area contributed by atoms with E-state index in [1.165, 1.54) is 4.90 Å². The predicted molar refractivity (Wildman–Crippen MR) is 103 cm³/mol. The second-order valence-electron chi connectivity index (χ2n) is 7.41. The van der Waals surface area contributed by atoms with Crippen LogP contribution in [0.5, 0.6) is 5.75 Å². The van der Waals surface area contributed by atoms with Crippen LogP contribution in [-0.4, -0.2) is 35.7 Å². The number of amides is 2. The van der Waals surface area contributed by atoms with Crippen LogP contribution in [0, 0.1) is 0 Å². The Balaban J connectivity index is 1.77. The molecular formula is C21H24N2O4. The van der Waals surface area contributed by atoms with Gasteiger partial charge in [0, 0.05) is 5.69 Å². The first-order valence-electron chi connectivity index (χ1n) is 8.81. The van der Waals surface area contributed by atoms with Gasteiger partial charge < -0.3 is 14.8 Å². The van der Waals surface area contributed by atoms with Gasteiger partial charge in [0.2, 0.25) is 5.91 Å². The zero-order valence-corrected chi connectivity index (χ0v) is 15.9. The van der Waals surface area contributed by atoms with Crippen molar-refractivity contribution in [3.63, 3.8) is 0 Å². The molecule has 0 unspecified atom stereocenters. The van der Waals surface area contributed by atoms with Crippen LogP contribution in [0.25, 0.3) is 0 Å². The summed E-state index contributed by atoms with van der Waals surface area (Å²) in [5.74, 6) is 0.455. The van der Waals surface area contributed by atoms with Gasteiger partial charge in [0.1, 0.15) is 17.4 Å². The molecule has 0 spiro atoms. The van der Waals surface area contributed by atoms with E-state index in [1.807, 2.05) is 30.3 Å². The fourth-order valence-corrected chi connectivity index (χ4v) is 2.93. The molecule has 1 aliphatic rings. The van der Waals surface area contributed by atoms with Crippen molar-refractivity contribution >= 4 is 17.7 Å². The third-order valence-corrected chi connectivity index (χ3v) is 4.18. The molecule has 1 saturated heterocycles. The summed E-state index contributed by atoms with van der Waals surface area (Å²) in [6.07, 6.45) is -0.494. The van der Waals surface area contributed by atoms with Crippen LogP contribution in [0.15, 0.2) is 54.6 Å². The van der Waals surface area contributed by atoms with Gasteiger partial charge in [-0.25, -0.2) is 4.79 Å². The van der Waals surface area contributed by atoms with Gasteiger partial charge in [0.05, 0.1) is 13.2 Å². The molecule has 1 fully saturated rings. The van der Waals surface area contributed by atoms with E-state index in [-0.39, 0.29) is 11.9 Å². The molecule has 2 atom stereocenters. The number of nitrogens with zero attached hydrogens (tertiary/aromatic N) is 1. The molecule has 0 aliphatic carbocycles. The minimum atomic E-state index is -0.627. The van der Waals surface area contributed by atoms with Crippen molar-refractivity contribution in [2.75, 3.05) is 12.4 Å². The first-order valence-corrected chi connectivity index (χ1v) is 8.81. The number of hydrogen-bond acceptors (Lipinski definition) is 4. The minimum Gasteiger partial charge on any atom is -0.497 e. The van der Waals surface area contributed by atoms with Crippen molar-refractivity contribution in [3.05, 3.63) is 60.2 Å². The maximum atomic E-state index is 12.8. The van der Waals surface area contributed by atoms with E-state index in [9.17, 15) is 9.59 Å². The number of carbonyl (C=O) groups is 2. The Bertz CT molecular complexity index is 812. The Hall–Kier alpha value is -3.02. The number of rotatable bonds is 4. The normalized spacial score (nSPS) is 18.6. The van der Waals surface area contributed by atoms with Crippen molar-refractivity contribution in [3.8, 4) is 5.75 Å². The van der Waals surface area contributed by atoms with E-state index in [0.29, 0.717) is 11.4 Å². The highest BCUT2D eigenvalue weighted by molar-refractivity contribution is 6.00. The van der Waals surface area contributed by atoms with Gasteiger partial charge in [-0.15, -0.1) is 0 Å². The van der Waals surface area contributed by atoms with E-state index in [4.69, 9.17) is 9.47 Å². The maximum Gasteiger partial charge on any atom is 0.411 e. The van der Waals surface area contributed by atoms with Crippen molar-refractivity contribution in [1.82, 2.24) is 4.90 Å². The second kappa shape index (κ2) is 7.31. The van der Waals surface area contributed by atoms with Crippen molar-refractivity contribution in [2.45, 2.75) is 38.5 Å². The molecule has 1 N–H and O–H groups in total. The van der Waals surface area contributed by atoms with Crippen LogP contribution in [0.2, 0.25) is 0 Å². The monoisotopic (exact) mass is 368 g/mol. The fraction of sp³-hybridized carbons (Fsp3) is 0.333. The quantitative estimate of drug-likeness (QED) is 0.829. The predicted octanol–water partition coefficient (Wildman–Crippen LogP) is 3.99. The highest BCUT2D eigenvalue weighted by Gasteiger charge is 2.57. The summed E-state index contributed by atoms with van der Waals surface area (Å²) in [7, 11) is 1.58. The first-order chi connectivity index (χ1) is 12.8. The van der Waals surface area contributed by atoms with Crippen LogP contribution >= 0.6 is 0 Å². The van der Waals surface area contributed by atoms with Crippen LogP contribution in [0.4, 0.5) is 10.5 Å². The number of ether oxygens (including phenoxy) is 2. The number of benzene rings is 2. The van der Waals surface area contributed by atoms with E-state index < -0.39 is 17.7 Å². The van der Waals surface area contributed by atoms with Gasteiger partial charge in [0.25, 0.3) is 0 Å². The van der Waals surface area contributed by atoms with E-state index in [2.05, 4.69) is 5.32 Å². The summed E-state index contributed by atoms with van der Waals surface area (Å²) in [5.41, 5.74) is 0.916. The molecule has 1 heterocycles. The van der Waals surface area contributed by atoms with E-state index in [1.54, 1.807) is 52.1 Å². The summed E-state index contributed by atoms with van der Waals surface area (Å²) in [4.78, 5) is 26.8. The average molecular weight is 368 g/mol. The number of anilines is 1. The molecular weight excluding hydrogens is 344 g/mol. The molecule has 0 aromatic heterocycles. The van der Waals surface area contributed by atoms with Crippen LogP contribution < -0.4 is 10.1 Å². The van der Waals surface area contributed by atoms with Gasteiger partial charge in [-0.2, -0.15) is 0 Å². The van der Waals surface area contributed by atoms with E-state index in [0.717, 1.165) is 5.56 Å². The largest absolute Gasteiger partial charge is 0.497 e. The number of methoxy groups -OCH3 is 1. The third kappa shape index (κ3) is 4.39. The molecule has 2 amide bonds. The summed E-state index contributed by atoms with van der Waals surface area (Å²) in [6, 6.07) is 15.6. The minimum absolute atomic E-state index is 0.250. The van der Waals surface area contributed by atoms with Crippen LogP contribution in [0.3, 0.4) is 0 Å². The molecule has 1 aliphatic heterocycles. The third-order valence-electron chi connectivity index (χ3n) is 4.18. The Morgan fingerprint density at radius 1 is 1.00 bits per heavy atom. The molecule has 0 saturated carbocycles. The van der Waals surface area contributed by atoms with Crippen LogP contribution in [0.1, 0.15) is 32.4 Å². The molecule has 0 radical (unpaired) electrons. The summed E-state index contributed by atoms with van der Waals surface area (Å²) in [6.45, 7) is 5.41. The molecule has 27 heavy (non-hydrogen) atoms. The number of carbonyl (C=O) groups excluding carboxylic acids is 2. The fourth-order valence-electron chi connectivity index (χ4n) is 2.93. The summed E-state index contributed by atoms with van der Waals surface area (Å²) in [5, 5.41) is 2.86. The van der Waals surface area contributed by atoms with Gasteiger partial charge in [-0.3, -0.25) is 9.69 Å². The average Bonchev–Trinajstić information content (AvgIpc) is 3.38. The van der Waals surface area contributed by atoms with Gasteiger partial charge >= 0.3 is 6.09 Å². The van der Waals surface area contributed by atoms with Crippen molar-refractivity contribution < 1.29 is 19.1 Å². The number of hydrogen-bond donors (Lipinski definition) is 1. The van der Waals surface area contributed by atoms with Gasteiger partial charge in [-0.1, -0.05) is 30.3 Å². The maximum absolute atomic E-state index is 12.8. The summed E-state index contributed by atoms with van der Waals surface area (Å²) >= 11 is 0. The standard InChI is InChI=1S/C21H24N2O4/c1-21(2,3)27-20(25)23-17(14-8-6-5-7-9-14)18(23)19(24)22-15-10-12-16(26-4)13-11-15/h5-13,17-18H,1-4H3,(H,22,24)/t17-,18+,23?/m1/s1. The molecule has 142 valence electrons. The van der Waals surface area contributed by atoms with Crippen LogP contribution in [-0.2, 0) is 9.53 Å². The highest BCUT2D eigenvalue weighted by atomic mass is 16.6. The lowest BCUT2D eigenvalue weighted by Crippen LogP contribution is -2.30. The lowest BCUT2D eigenvalue weighted by Gasteiger charge is -2.20. The molecule has 0 bridgehead atoms. The Morgan fingerprint density at radius 2 is 1.63 bits per heavy atom. The molecule has 3 rings (SSSR count). The molecule has 6 nitrogen and oxygen atoms in total. The lowest BCUT2D eigenvalue weighted by molar-refractivity contribution is -0.116. The zero-order chi connectivity index (χ0) is 19.6. The van der Waals surface area contributed by atoms with Crippen molar-refractivity contribution in [2.24, 2.45) is 0 Å². The van der Waals surface area contributed by atoms with Crippen molar-refractivity contribution in [1.29, 1.82) is 0 Å². The zero-order valence-electron chi connectivity index (χ0n) is 15.9. The summed E-state index contributed by atoms with van der Waals surface area (Å²) < 4.78 is 10.6. The Kier molecular flexibility index (Phi) is 5.08. The highest BCUT2D eigenvalue weighted by Crippen LogP contribution is 2.44. The Labute approximate surface area is 159 Å². The SMILES string of the molecule is COc1ccc(NC(=O)[C@@H]2[C@@H](c3ccccc3)N2C(=O)OC(C)(C)C)cc1.